The van der Waals surface area contributed by atoms with E-state index in [-0.39, 0.29) is 6.61 Å². The van der Waals surface area contributed by atoms with Crippen molar-refractivity contribution in [3.63, 3.8) is 0 Å². The number of anilines is 1. The Morgan fingerprint density at radius 3 is 2.50 bits per heavy atom. The van der Waals surface area contributed by atoms with Gasteiger partial charge in [-0.1, -0.05) is 18.2 Å². The van der Waals surface area contributed by atoms with Crippen LogP contribution < -0.4 is 26.9 Å². The Hall–Kier alpha value is -3.42. The second-order valence-corrected chi connectivity index (χ2v) is 7.28. The van der Waals surface area contributed by atoms with Gasteiger partial charge in [-0.2, -0.15) is 0 Å². The van der Waals surface area contributed by atoms with Gasteiger partial charge in [-0.15, -0.1) is 0 Å². The number of nitrogens with one attached hydrogen (secondary N) is 1. The topological polar surface area (TPSA) is 106 Å². The van der Waals surface area contributed by atoms with Crippen LogP contribution >= 0.6 is 0 Å². The van der Waals surface area contributed by atoms with Crippen molar-refractivity contribution in [1.82, 2.24) is 10.4 Å². The van der Waals surface area contributed by atoms with Crippen LogP contribution in [0.5, 0.6) is 5.75 Å². The summed E-state index contributed by atoms with van der Waals surface area (Å²) in [6, 6.07) is 15.0. The zero-order chi connectivity index (χ0) is 21.8. The minimum Gasteiger partial charge on any atom is -0.489 e. The number of aryl methyl sites for hydroxylation is 4. The van der Waals surface area contributed by atoms with Gasteiger partial charge in [0.2, 0.25) is 0 Å². The summed E-state index contributed by atoms with van der Waals surface area (Å²) in [6.07, 6.45) is 0. The number of nitrogens with zero attached hydrogens (tertiary/aromatic N) is 2. The van der Waals surface area contributed by atoms with Gasteiger partial charge < -0.3 is 4.74 Å². The number of amides is 2. The molecule has 0 saturated carbocycles. The maximum atomic E-state index is 11.8. The van der Waals surface area contributed by atoms with Gasteiger partial charge in [-0.25, -0.2) is 21.5 Å². The number of urea groups is 1. The Labute approximate surface area is 176 Å². The van der Waals surface area contributed by atoms with E-state index in [2.05, 4.69) is 24.0 Å². The summed E-state index contributed by atoms with van der Waals surface area (Å²) in [5.41, 5.74) is 9.46. The molecule has 0 fully saturated rings. The molecule has 0 radical (unpaired) electrons. The van der Waals surface area contributed by atoms with Crippen LogP contribution in [0.2, 0.25) is 0 Å². The first-order chi connectivity index (χ1) is 14.3. The Bertz CT molecular complexity index is 1080. The molecule has 0 aliphatic rings. The highest BCUT2D eigenvalue weighted by Gasteiger charge is 2.17. The van der Waals surface area contributed by atoms with E-state index < -0.39 is 6.03 Å². The molecule has 5 N–H and O–H groups in total. The van der Waals surface area contributed by atoms with Crippen LogP contribution in [0.15, 0.2) is 48.5 Å². The van der Waals surface area contributed by atoms with E-state index in [0.29, 0.717) is 5.69 Å². The van der Waals surface area contributed by atoms with Crippen molar-refractivity contribution >= 4 is 11.7 Å². The number of hydrazine groups is 2. The molecule has 7 heteroatoms. The molecule has 0 bridgehead atoms. The molecule has 0 spiro atoms. The number of carbonyl (C=O) groups excluding carboxylic acids is 1. The lowest BCUT2D eigenvalue weighted by Crippen LogP contribution is -2.48. The number of ether oxygens (including phenoxy) is 1. The van der Waals surface area contributed by atoms with Crippen LogP contribution in [0, 0.1) is 27.7 Å². The highest BCUT2D eigenvalue weighted by atomic mass is 16.5. The summed E-state index contributed by atoms with van der Waals surface area (Å²) in [5, 5.41) is 0.980. The Kier molecular flexibility index (Phi) is 6.34. The van der Waals surface area contributed by atoms with E-state index in [1.54, 1.807) is 6.07 Å². The van der Waals surface area contributed by atoms with Gasteiger partial charge in [0.1, 0.15) is 12.4 Å². The SMILES string of the molecule is Cc1ccc(C)c(-c2ccc(OCc3c(C)cccc3N(N)C(=O)NN)c(C)c2)n1. The van der Waals surface area contributed by atoms with Gasteiger partial charge in [0.15, 0.2) is 0 Å². The molecule has 3 rings (SSSR count). The average Bonchev–Trinajstić information content (AvgIpc) is 2.74. The van der Waals surface area contributed by atoms with Crippen LogP contribution in [0.1, 0.15) is 27.9 Å². The fourth-order valence-corrected chi connectivity index (χ4v) is 3.31. The van der Waals surface area contributed by atoms with Crippen LogP contribution in [-0.2, 0) is 6.61 Å². The lowest BCUT2D eigenvalue weighted by Gasteiger charge is -2.21. The predicted octanol–water partition coefficient (Wildman–Crippen LogP) is 3.82. The Morgan fingerprint density at radius 1 is 1.03 bits per heavy atom. The van der Waals surface area contributed by atoms with Crippen LogP contribution in [0.25, 0.3) is 11.3 Å². The van der Waals surface area contributed by atoms with Crippen LogP contribution in [0.4, 0.5) is 10.5 Å². The average molecular weight is 406 g/mol. The quantitative estimate of drug-likeness (QED) is 0.340. The molecule has 156 valence electrons. The molecule has 1 aromatic heterocycles. The number of aromatic nitrogens is 1. The molecule has 2 aromatic carbocycles. The predicted molar refractivity (Wildman–Crippen MR) is 119 cm³/mol. The molecule has 3 aromatic rings. The molecule has 30 heavy (non-hydrogen) atoms. The summed E-state index contributed by atoms with van der Waals surface area (Å²) in [4.78, 5) is 16.5. The molecule has 0 saturated heterocycles. The van der Waals surface area contributed by atoms with E-state index in [0.717, 1.165) is 50.0 Å². The second kappa shape index (κ2) is 8.94. The zero-order valence-electron chi connectivity index (χ0n) is 17.7. The van der Waals surface area contributed by atoms with Crippen molar-refractivity contribution in [2.24, 2.45) is 11.7 Å². The minimum absolute atomic E-state index is 0.259. The van der Waals surface area contributed by atoms with Gasteiger partial charge in [-0.05, 0) is 74.7 Å². The summed E-state index contributed by atoms with van der Waals surface area (Å²) >= 11 is 0. The second-order valence-electron chi connectivity index (χ2n) is 7.28. The lowest BCUT2D eigenvalue weighted by atomic mass is 10.0. The van der Waals surface area contributed by atoms with Gasteiger partial charge in [-0.3, -0.25) is 10.4 Å². The third-order valence-corrected chi connectivity index (χ3v) is 5.04. The van der Waals surface area contributed by atoms with Crippen molar-refractivity contribution in [2.75, 3.05) is 5.01 Å². The molecule has 1 heterocycles. The first kappa shape index (κ1) is 21.3. The lowest BCUT2D eigenvalue weighted by molar-refractivity contribution is 0.246. The highest BCUT2D eigenvalue weighted by Crippen LogP contribution is 2.29. The van der Waals surface area contributed by atoms with E-state index in [1.807, 2.05) is 56.5 Å². The molecular weight excluding hydrogens is 378 g/mol. The van der Waals surface area contributed by atoms with Crippen molar-refractivity contribution in [3.05, 3.63) is 76.5 Å². The smallest absolute Gasteiger partial charge is 0.350 e. The van der Waals surface area contributed by atoms with E-state index >= 15 is 0 Å². The number of carbonyl (C=O) groups is 1. The standard InChI is InChI=1S/C23H27N5O2/c1-14-6-5-7-20(28(25)23(29)27-24)19(14)13-30-21-11-10-18(12-16(21)3)22-15(2)8-9-17(4)26-22/h5-12H,13,24-25H2,1-4H3,(H,27,29). The molecular formula is C23H27N5O2. The van der Waals surface area contributed by atoms with Crippen molar-refractivity contribution in [2.45, 2.75) is 34.3 Å². The highest BCUT2D eigenvalue weighted by molar-refractivity contribution is 5.91. The molecule has 0 aliphatic carbocycles. The number of rotatable bonds is 5. The normalized spacial score (nSPS) is 10.6. The molecule has 0 unspecified atom stereocenters. The Morgan fingerprint density at radius 2 is 1.80 bits per heavy atom. The van der Waals surface area contributed by atoms with Crippen molar-refractivity contribution in [3.8, 4) is 17.0 Å². The number of benzene rings is 2. The monoisotopic (exact) mass is 405 g/mol. The van der Waals surface area contributed by atoms with Gasteiger partial charge in [0.05, 0.1) is 11.4 Å². The molecule has 0 atom stereocenters. The van der Waals surface area contributed by atoms with Gasteiger partial charge >= 0.3 is 6.03 Å². The van der Waals surface area contributed by atoms with Crippen molar-refractivity contribution < 1.29 is 9.53 Å². The number of hydrogen-bond acceptors (Lipinski definition) is 5. The maximum Gasteiger partial charge on any atom is 0.350 e. The van der Waals surface area contributed by atoms with E-state index in [1.165, 1.54) is 0 Å². The maximum absolute atomic E-state index is 11.8. The first-order valence-corrected chi connectivity index (χ1v) is 9.63. The number of hydrogen-bond donors (Lipinski definition) is 3. The minimum atomic E-state index is -0.608. The molecule has 7 nitrogen and oxygen atoms in total. The van der Waals surface area contributed by atoms with Gasteiger partial charge in [0, 0.05) is 16.8 Å². The summed E-state index contributed by atoms with van der Waals surface area (Å²) in [5.74, 6) is 11.9. The Balaban J connectivity index is 1.85. The molecule has 2 amide bonds. The van der Waals surface area contributed by atoms with E-state index in [9.17, 15) is 4.79 Å². The van der Waals surface area contributed by atoms with E-state index in [4.69, 9.17) is 16.4 Å². The summed E-state index contributed by atoms with van der Waals surface area (Å²) in [7, 11) is 0. The van der Waals surface area contributed by atoms with Crippen molar-refractivity contribution in [1.29, 1.82) is 0 Å². The van der Waals surface area contributed by atoms with Crippen LogP contribution in [-0.4, -0.2) is 11.0 Å². The fraction of sp³-hybridized carbons (Fsp3) is 0.217. The van der Waals surface area contributed by atoms with Gasteiger partial charge in [0.25, 0.3) is 0 Å². The largest absolute Gasteiger partial charge is 0.489 e. The number of nitrogens with two attached hydrogens (primary N) is 2. The number of pyridine rings is 1. The first-order valence-electron chi connectivity index (χ1n) is 9.63. The summed E-state index contributed by atoms with van der Waals surface area (Å²) in [6.45, 7) is 8.24. The third kappa shape index (κ3) is 4.42. The third-order valence-electron chi connectivity index (χ3n) is 5.04. The van der Waals surface area contributed by atoms with Crippen LogP contribution in [0.3, 0.4) is 0 Å². The fourth-order valence-electron chi connectivity index (χ4n) is 3.31. The zero-order valence-corrected chi connectivity index (χ0v) is 17.7. The summed E-state index contributed by atoms with van der Waals surface area (Å²) < 4.78 is 6.09. The molecule has 0 aliphatic heterocycles.